The quantitative estimate of drug-likeness (QED) is 0.744. The second kappa shape index (κ2) is 6.48. The van der Waals surface area contributed by atoms with Gasteiger partial charge in [-0.25, -0.2) is 4.72 Å². The molecule has 0 bridgehead atoms. The number of benzene rings is 1. The molecule has 2 N–H and O–H groups in total. The highest BCUT2D eigenvalue weighted by atomic mass is 32.2. The smallest absolute Gasteiger partial charge is 0.303 e. The highest BCUT2D eigenvalue weighted by Crippen LogP contribution is 1.99. The zero-order chi connectivity index (χ0) is 13.6. The van der Waals surface area contributed by atoms with E-state index < -0.39 is 22.3 Å². The number of amides is 1. The molecule has 1 rings (SSSR count). The van der Waals surface area contributed by atoms with Crippen molar-refractivity contribution in [2.75, 3.05) is 7.11 Å². The third kappa shape index (κ3) is 4.44. The lowest BCUT2D eigenvalue weighted by atomic mass is 10.2. The molecule has 0 aromatic heterocycles. The van der Waals surface area contributed by atoms with E-state index in [1.54, 1.807) is 25.1 Å². The van der Waals surface area contributed by atoms with Crippen LogP contribution < -0.4 is 9.44 Å². The molecule has 18 heavy (non-hydrogen) atoms. The zero-order valence-electron chi connectivity index (χ0n) is 10.2. The number of ether oxygens (including phenoxy) is 1. The maximum absolute atomic E-state index is 11.6. The average molecular weight is 272 g/mol. The van der Waals surface area contributed by atoms with Gasteiger partial charge >= 0.3 is 10.2 Å². The lowest BCUT2D eigenvalue weighted by Gasteiger charge is -2.15. The maximum Gasteiger partial charge on any atom is 0.303 e. The van der Waals surface area contributed by atoms with Crippen molar-refractivity contribution in [1.82, 2.24) is 9.44 Å². The van der Waals surface area contributed by atoms with Gasteiger partial charge in [0, 0.05) is 12.7 Å². The van der Waals surface area contributed by atoms with Gasteiger partial charge in [0.25, 0.3) is 5.91 Å². The van der Waals surface area contributed by atoms with E-state index in [0.717, 1.165) is 0 Å². The van der Waals surface area contributed by atoms with Crippen molar-refractivity contribution in [3.8, 4) is 0 Å². The predicted octanol–water partition coefficient (Wildman–Crippen LogP) is 0.633. The minimum absolute atomic E-state index is 0.272. The molecule has 0 saturated carbocycles. The van der Waals surface area contributed by atoms with E-state index in [1.807, 2.05) is 4.72 Å². The van der Waals surface area contributed by atoms with Crippen LogP contribution in [-0.2, 0) is 14.9 Å². The lowest BCUT2D eigenvalue weighted by molar-refractivity contribution is 0.0893. The van der Waals surface area contributed by atoms with Crippen LogP contribution in [0.2, 0.25) is 0 Å². The molecule has 7 heteroatoms. The number of carbonyl (C=O) groups is 1. The molecular formula is C11H16N2O4S. The van der Waals surface area contributed by atoms with Crippen molar-refractivity contribution < 1.29 is 17.9 Å². The third-order valence-electron chi connectivity index (χ3n) is 2.20. The van der Waals surface area contributed by atoms with E-state index in [4.69, 9.17) is 4.74 Å². The summed E-state index contributed by atoms with van der Waals surface area (Å²) in [5.74, 6) is -0.686. The molecule has 1 atom stereocenters. The van der Waals surface area contributed by atoms with Gasteiger partial charge in [-0.2, -0.15) is 13.1 Å². The zero-order valence-corrected chi connectivity index (χ0v) is 11.0. The van der Waals surface area contributed by atoms with Crippen LogP contribution >= 0.6 is 0 Å². The van der Waals surface area contributed by atoms with Crippen LogP contribution in [0.5, 0.6) is 0 Å². The van der Waals surface area contributed by atoms with Crippen molar-refractivity contribution in [1.29, 1.82) is 0 Å². The van der Waals surface area contributed by atoms with Crippen molar-refractivity contribution in [2.24, 2.45) is 0 Å². The van der Waals surface area contributed by atoms with Crippen LogP contribution in [0.25, 0.3) is 0 Å². The molecule has 0 aliphatic heterocycles. The van der Waals surface area contributed by atoms with E-state index in [9.17, 15) is 13.2 Å². The molecule has 0 saturated heterocycles. The summed E-state index contributed by atoms with van der Waals surface area (Å²) < 4.78 is 32.2. The Morgan fingerprint density at radius 1 is 1.33 bits per heavy atom. The highest BCUT2D eigenvalue weighted by Gasteiger charge is 2.19. The van der Waals surface area contributed by atoms with Gasteiger partial charge in [0.15, 0.2) is 0 Å². The van der Waals surface area contributed by atoms with Gasteiger partial charge in [-0.1, -0.05) is 25.1 Å². The highest BCUT2D eigenvalue weighted by molar-refractivity contribution is 7.88. The van der Waals surface area contributed by atoms with Crippen LogP contribution in [0.1, 0.15) is 23.7 Å². The summed E-state index contributed by atoms with van der Waals surface area (Å²) in [7, 11) is -2.54. The molecule has 0 aliphatic rings. The Morgan fingerprint density at radius 3 is 2.44 bits per heavy atom. The van der Waals surface area contributed by atoms with E-state index >= 15 is 0 Å². The SMILES string of the molecule is CCC(NS(=O)(=O)NC(=O)c1ccccc1)OC. The first kappa shape index (κ1) is 14.6. The van der Waals surface area contributed by atoms with E-state index in [2.05, 4.69) is 4.72 Å². The van der Waals surface area contributed by atoms with Gasteiger partial charge in [-0.15, -0.1) is 0 Å². The van der Waals surface area contributed by atoms with Gasteiger partial charge in [-0.05, 0) is 18.6 Å². The maximum atomic E-state index is 11.6. The molecule has 1 unspecified atom stereocenters. The molecule has 1 amide bonds. The Hall–Kier alpha value is -1.44. The fourth-order valence-corrected chi connectivity index (χ4v) is 2.30. The van der Waals surface area contributed by atoms with Gasteiger partial charge in [0.1, 0.15) is 6.23 Å². The molecule has 100 valence electrons. The molecule has 0 spiro atoms. The Morgan fingerprint density at radius 2 is 1.94 bits per heavy atom. The Labute approximate surface area is 107 Å². The average Bonchev–Trinajstić information content (AvgIpc) is 2.36. The summed E-state index contributed by atoms with van der Waals surface area (Å²) in [5, 5.41) is 0. The minimum Gasteiger partial charge on any atom is -0.366 e. The molecule has 1 aromatic carbocycles. The van der Waals surface area contributed by atoms with Gasteiger partial charge in [0.2, 0.25) is 0 Å². The first-order valence-electron chi connectivity index (χ1n) is 5.40. The number of carbonyl (C=O) groups excluding carboxylic acids is 1. The number of hydrogen-bond donors (Lipinski definition) is 2. The van der Waals surface area contributed by atoms with Gasteiger partial charge < -0.3 is 4.74 Å². The summed E-state index contributed by atoms with van der Waals surface area (Å²) in [4.78, 5) is 11.6. The standard InChI is InChI=1S/C11H16N2O4S/c1-3-10(17-2)12-18(15,16)13-11(14)9-7-5-4-6-8-9/h4-8,10,12H,3H2,1-2H3,(H,13,14). The summed E-state index contributed by atoms with van der Waals surface area (Å²) >= 11 is 0. The number of methoxy groups -OCH3 is 1. The summed E-state index contributed by atoms with van der Waals surface area (Å²) in [6.45, 7) is 1.76. The molecule has 1 aromatic rings. The molecule has 6 nitrogen and oxygen atoms in total. The fraction of sp³-hybridized carbons (Fsp3) is 0.364. The minimum atomic E-state index is -3.93. The van der Waals surface area contributed by atoms with Crippen molar-refractivity contribution in [3.63, 3.8) is 0 Å². The van der Waals surface area contributed by atoms with Gasteiger partial charge in [-0.3, -0.25) is 4.79 Å². The third-order valence-corrected chi connectivity index (χ3v) is 3.23. The first-order valence-corrected chi connectivity index (χ1v) is 6.89. The Kier molecular flexibility index (Phi) is 5.26. The van der Waals surface area contributed by atoms with Crippen LogP contribution in [-0.4, -0.2) is 27.7 Å². The number of hydrogen-bond acceptors (Lipinski definition) is 4. The van der Waals surface area contributed by atoms with Crippen molar-refractivity contribution in [2.45, 2.75) is 19.6 Å². The molecular weight excluding hydrogens is 256 g/mol. The lowest BCUT2D eigenvalue weighted by Crippen LogP contribution is -2.45. The fourth-order valence-electron chi connectivity index (χ4n) is 1.27. The second-order valence-electron chi connectivity index (χ2n) is 3.55. The molecule has 0 heterocycles. The monoisotopic (exact) mass is 272 g/mol. The van der Waals surface area contributed by atoms with Crippen molar-refractivity contribution >= 4 is 16.1 Å². The predicted molar refractivity (Wildman–Crippen MR) is 67.1 cm³/mol. The Balaban J connectivity index is 2.69. The largest absolute Gasteiger partial charge is 0.366 e. The van der Waals surface area contributed by atoms with Gasteiger partial charge in [0.05, 0.1) is 0 Å². The summed E-state index contributed by atoms with van der Waals surface area (Å²) in [5.41, 5.74) is 0.272. The number of rotatable bonds is 6. The molecule has 0 fully saturated rings. The van der Waals surface area contributed by atoms with Crippen LogP contribution in [0.15, 0.2) is 30.3 Å². The van der Waals surface area contributed by atoms with E-state index in [1.165, 1.54) is 19.2 Å². The molecule has 0 aliphatic carbocycles. The second-order valence-corrected chi connectivity index (χ2v) is 5.00. The van der Waals surface area contributed by atoms with Crippen LogP contribution in [0.4, 0.5) is 0 Å². The van der Waals surface area contributed by atoms with Crippen LogP contribution in [0.3, 0.4) is 0 Å². The van der Waals surface area contributed by atoms with Crippen molar-refractivity contribution in [3.05, 3.63) is 35.9 Å². The summed E-state index contributed by atoms with van der Waals surface area (Å²) in [6, 6.07) is 8.09. The Bertz CT molecular complexity index is 483. The topological polar surface area (TPSA) is 84.5 Å². The van der Waals surface area contributed by atoms with E-state index in [0.29, 0.717) is 6.42 Å². The number of nitrogens with one attached hydrogen (secondary N) is 2. The molecule has 0 radical (unpaired) electrons. The summed E-state index contributed by atoms with van der Waals surface area (Å²) in [6.07, 6.45) is -0.206. The normalized spacial score (nSPS) is 13.0. The van der Waals surface area contributed by atoms with Crippen LogP contribution in [0, 0.1) is 0 Å². The first-order chi connectivity index (χ1) is 8.48. The van der Waals surface area contributed by atoms with E-state index in [-0.39, 0.29) is 5.56 Å².